The van der Waals surface area contributed by atoms with E-state index in [1.54, 1.807) is 0 Å². The highest BCUT2D eigenvalue weighted by molar-refractivity contribution is 7.19. The van der Waals surface area contributed by atoms with Gasteiger partial charge >= 0.3 is 0 Å². The Morgan fingerprint density at radius 3 is 1.29 bits per heavy atom. The van der Waals surface area contributed by atoms with Crippen LogP contribution in [0, 0.1) is 0 Å². The molecule has 0 atom stereocenters. The third-order valence-corrected chi connectivity index (χ3v) is 21.4. The van der Waals surface area contributed by atoms with E-state index < -0.39 is 13.5 Å². The molecule has 3 aromatic heterocycles. The number of fused-ring (bicyclic) bond motifs is 7. The molecule has 5 nitrogen and oxygen atoms in total. The normalized spacial score (nSPS) is 11.9. The Balaban J connectivity index is 1.07. The van der Waals surface area contributed by atoms with E-state index in [0.29, 0.717) is 17.6 Å². The predicted octanol–water partition coefficient (Wildman–Crippen LogP) is 15.2. The number of para-hydroxylation sites is 2. The zero-order valence-corrected chi connectivity index (χ0v) is 45.8. The van der Waals surface area contributed by atoms with Crippen LogP contribution in [0.1, 0.15) is 22.3 Å². The molecule has 386 valence electrons. The highest BCUT2D eigenvalue weighted by atomic mass is 28.3. The standard InChI is InChI=1S/C76H53N5Si/c1-9-28-54(29-10-1)73-77-74(55-30-27-45-64(52-55)82(61-39-19-6-20-40-61,62-41-21-7-22-42-62)63-43-23-8-24-44-63)79-75(78-73)81-70-53-59(76(56-31-11-2-12-32-56,57-33-13-3-14-34-57)58-35-15-4-16-36-58)48-49-65(70)66-50-51-69-71(72(66)81)67-46-25-26-47-68(67)80(69)60-37-17-5-18-38-60/h1-53H. The Morgan fingerprint density at radius 2 is 0.732 bits per heavy atom. The van der Waals surface area contributed by atoms with Gasteiger partial charge in [0.2, 0.25) is 5.95 Å². The lowest BCUT2D eigenvalue weighted by Gasteiger charge is -2.37. The fraction of sp³-hybridized carbons (Fsp3) is 0.0132. The molecule has 15 aromatic rings. The second-order valence-electron chi connectivity index (χ2n) is 21.0. The van der Waals surface area contributed by atoms with Gasteiger partial charge in [-0.25, -0.2) is 4.98 Å². The molecule has 0 amide bonds. The smallest absolute Gasteiger partial charge is 0.238 e. The van der Waals surface area contributed by atoms with E-state index in [1.807, 2.05) is 6.07 Å². The molecule has 0 radical (unpaired) electrons. The van der Waals surface area contributed by atoms with Crippen LogP contribution in [0.2, 0.25) is 0 Å². The van der Waals surface area contributed by atoms with Gasteiger partial charge in [0, 0.05) is 38.4 Å². The number of nitrogens with zero attached hydrogens (tertiary/aromatic N) is 5. The van der Waals surface area contributed by atoms with Crippen molar-refractivity contribution in [1.29, 1.82) is 0 Å². The van der Waals surface area contributed by atoms with Crippen LogP contribution in [0.25, 0.3) is 78.0 Å². The van der Waals surface area contributed by atoms with Crippen LogP contribution in [0.5, 0.6) is 0 Å². The number of aromatic nitrogens is 5. The Hall–Kier alpha value is -10.5. The largest absolute Gasteiger partial charge is 0.309 e. The van der Waals surface area contributed by atoms with E-state index in [0.717, 1.165) is 82.7 Å². The van der Waals surface area contributed by atoms with Gasteiger partial charge in [-0.3, -0.25) is 4.57 Å². The summed E-state index contributed by atoms with van der Waals surface area (Å²) >= 11 is 0. The molecule has 3 heterocycles. The maximum atomic E-state index is 5.78. The van der Waals surface area contributed by atoms with Gasteiger partial charge in [0.25, 0.3) is 0 Å². The third kappa shape index (κ3) is 7.79. The van der Waals surface area contributed by atoms with Crippen molar-refractivity contribution < 1.29 is 0 Å². The van der Waals surface area contributed by atoms with Crippen LogP contribution >= 0.6 is 0 Å². The highest BCUT2D eigenvalue weighted by Gasteiger charge is 2.42. The minimum Gasteiger partial charge on any atom is -0.309 e. The molecule has 0 aliphatic carbocycles. The molecule has 6 heteroatoms. The summed E-state index contributed by atoms with van der Waals surface area (Å²) in [6, 6.07) is 117. The highest BCUT2D eigenvalue weighted by Crippen LogP contribution is 2.48. The monoisotopic (exact) mass is 1060 g/mol. The molecule has 0 N–H and O–H groups in total. The van der Waals surface area contributed by atoms with Crippen molar-refractivity contribution in [2.45, 2.75) is 5.41 Å². The van der Waals surface area contributed by atoms with Crippen molar-refractivity contribution in [1.82, 2.24) is 24.1 Å². The van der Waals surface area contributed by atoms with Crippen LogP contribution in [-0.2, 0) is 5.41 Å². The maximum Gasteiger partial charge on any atom is 0.238 e. The number of benzene rings is 12. The number of hydrogen-bond donors (Lipinski definition) is 0. The molecule has 0 saturated carbocycles. The zero-order valence-electron chi connectivity index (χ0n) is 44.8. The van der Waals surface area contributed by atoms with Gasteiger partial charge in [-0.2, -0.15) is 9.97 Å². The second-order valence-corrected chi connectivity index (χ2v) is 24.8. The lowest BCUT2D eigenvalue weighted by atomic mass is 9.65. The fourth-order valence-corrected chi connectivity index (χ4v) is 18.0. The Morgan fingerprint density at radius 1 is 0.280 bits per heavy atom. The summed E-state index contributed by atoms with van der Waals surface area (Å²) in [6.07, 6.45) is 0. The molecule has 0 fully saturated rings. The van der Waals surface area contributed by atoms with Crippen molar-refractivity contribution in [2.75, 3.05) is 0 Å². The third-order valence-electron chi connectivity index (χ3n) is 16.7. The van der Waals surface area contributed by atoms with Crippen LogP contribution in [0.15, 0.2) is 322 Å². The first-order chi connectivity index (χ1) is 40.7. The van der Waals surface area contributed by atoms with Crippen molar-refractivity contribution in [2.24, 2.45) is 0 Å². The second kappa shape index (κ2) is 20.3. The fourth-order valence-electron chi connectivity index (χ4n) is 13.2. The zero-order chi connectivity index (χ0) is 54.5. The molecule has 15 rings (SSSR count). The molecule has 0 aliphatic heterocycles. The Bertz CT molecular complexity index is 4570. The van der Waals surface area contributed by atoms with Crippen molar-refractivity contribution in [3.63, 3.8) is 0 Å². The van der Waals surface area contributed by atoms with Gasteiger partial charge in [-0.05, 0) is 73.3 Å². The van der Waals surface area contributed by atoms with Gasteiger partial charge in [0.1, 0.15) is 0 Å². The van der Waals surface area contributed by atoms with Crippen LogP contribution in [-0.4, -0.2) is 32.2 Å². The summed E-state index contributed by atoms with van der Waals surface area (Å²) in [7, 11) is -2.95. The van der Waals surface area contributed by atoms with Gasteiger partial charge in [0.05, 0.1) is 27.5 Å². The quantitative estimate of drug-likeness (QED) is 0.0905. The molecule has 0 saturated heterocycles. The molecule has 0 bridgehead atoms. The molecule has 12 aromatic carbocycles. The molecule has 0 spiro atoms. The Kier molecular flexibility index (Phi) is 12.0. The molecular weight excluding hydrogens is 1010 g/mol. The number of hydrogen-bond acceptors (Lipinski definition) is 3. The van der Waals surface area contributed by atoms with Gasteiger partial charge < -0.3 is 4.57 Å². The molecule has 0 aliphatic rings. The first-order valence-electron chi connectivity index (χ1n) is 28.0. The summed E-state index contributed by atoms with van der Waals surface area (Å²) in [6.45, 7) is 0. The average Bonchev–Trinajstić information content (AvgIpc) is 4.31. The molecule has 82 heavy (non-hydrogen) atoms. The van der Waals surface area contributed by atoms with Gasteiger partial charge in [-0.1, -0.05) is 291 Å². The summed E-state index contributed by atoms with van der Waals surface area (Å²) in [5.74, 6) is 1.69. The summed E-state index contributed by atoms with van der Waals surface area (Å²) in [5, 5.41) is 9.56. The minimum absolute atomic E-state index is 0.526. The van der Waals surface area contributed by atoms with Crippen LogP contribution < -0.4 is 20.7 Å². The average molecular weight is 1060 g/mol. The van der Waals surface area contributed by atoms with E-state index in [2.05, 4.69) is 325 Å². The summed E-state index contributed by atoms with van der Waals surface area (Å²) in [5.41, 5.74) is 11.0. The van der Waals surface area contributed by atoms with Crippen molar-refractivity contribution in [3.05, 3.63) is 344 Å². The lowest BCUT2D eigenvalue weighted by molar-refractivity contribution is 0.746. The van der Waals surface area contributed by atoms with Crippen LogP contribution in [0.3, 0.4) is 0 Å². The minimum atomic E-state index is -2.95. The van der Waals surface area contributed by atoms with Crippen LogP contribution in [0.4, 0.5) is 0 Å². The Labute approximate surface area is 477 Å². The van der Waals surface area contributed by atoms with Crippen molar-refractivity contribution >= 4 is 72.4 Å². The van der Waals surface area contributed by atoms with E-state index in [9.17, 15) is 0 Å². The SMILES string of the molecule is c1ccc(-c2nc(-c3cccc([Si](c4ccccc4)(c4ccccc4)c4ccccc4)c3)nc(-n3c4cc(C(c5ccccc5)(c5ccccc5)c5ccccc5)ccc4c4ccc5c(c6ccccc6n5-c5ccccc5)c43)n2)cc1. The lowest BCUT2D eigenvalue weighted by Crippen LogP contribution is -2.74. The van der Waals surface area contributed by atoms with E-state index >= 15 is 0 Å². The first kappa shape index (κ1) is 48.6. The van der Waals surface area contributed by atoms with Gasteiger partial charge in [0.15, 0.2) is 19.7 Å². The van der Waals surface area contributed by atoms with Crippen molar-refractivity contribution in [3.8, 4) is 34.4 Å². The maximum absolute atomic E-state index is 5.78. The van der Waals surface area contributed by atoms with E-state index in [1.165, 1.54) is 20.7 Å². The van der Waals surface area contributed by atoms with E-state index in [4.69, 9.17) is 15.0 Å². The number of rotatable bonds is 12. The predicted molar refractivity (Wildman–Crippen MR) is 341 cm³/mol. The van der Waals surface area contributed by atoms with Gasteiger partial charge in [-0.15, -0.1) is 0 Å². The molecular formula is C76H53N5Si. The summed E-state index contributed by atoms with van der Waals surface area (Å²) < 4.78 is 4.74. The first-order valence-corrected chi connectivity index (χ1v) is 30.0. The van der Waals surface area contributed by atoms with E-state index in [-0.39, 0.29) is 0 Å². The molecule has 0 unspecified atom stereocenters. The summed E-state index contributed by atoms with van der Waals surface area (Å²) in [4.78, 5) is 16.9. The topological polar surface area (TPSA) is 48.5 Å².